The van der Waals surface area contributed by atoms with E-state index in [4.69, 9.17) is 26.6 Å². The third kappa shape index (κ3) is 3.55. The van der Waals surface area contributed by atoms with E-state index < -0.39 is 0 Å². The molecule has 0 fully saturated rings. The molecule has 1 heterocycles. The van der Waals surface area contributed by atoms with Crippen LogP contribution in [0.1, 0.15) is 31.4 Å². The van der Waals surface area contributed by atoms with Gasteiger partial charge in [-0.05, 0) is 68.1 Å². The molecule has 5 nitrogen and oxygen atoms in total. The van der Waals surface area contributed by atoms with Gasteiger partial charge in [0.05, 0.1) is 11.1 Å². The van der Waals surface area contributed by atoms with Gasteiger partial charge >= 0.3 is 0 Å². The summed E-state index contributed by atoms with van der Waals surface area (Å²) in [5.74, 6) is 1.64. The highest BCUT2D eigenvalue weighted by Gasteiger charge is 2.21. The number of nitrogens with two attached hydrogens (primary N) is 1. The van der Waals surface area contributed by atoms with Crippen LogP contribution < -0.4 is 10.5 Å². The molecule has 0 saturated heterocycles. The summed E-state index contributed by atoms with van der Waals surface area (Å²) in [4.78, 5) is 4.61. The van der Waals surface area contributed by atoms with Gasteiger partial charge in [0.1, 0.15) is 5.75 Å². The standard InChI is InChI=1S/C22H22ClN3O2/c1-13(2)27-20-9-7-15(12-19(20)23)22-25-21(26-28-22)18-5-3-4-16-14(10-11-24)6-8-17(16)18/h3-7,9,12-13H,8,10-11,24H2,1-2H3. The zero-order valence-electron chi connectivity index (χ0n) is 15.9. The van der Waals surface area contributed by atoms with Crippen molar-refractivity contribution in [2.45, 2.75) is 32.8 Å². The molecule has 0 radical (unpaired) electrons. The van der Waals surface area contributed by atoms with Gasteiger partial charge in [-0.3, -0.25) is 0 Å². The van der Waals surface area contributed by atoms with Gasteiger partial charge < -0.3 is 15.0 Å². The van der Waals surface area contributed by atoms with Gasteiger partial charge in [0.15, 0.2) is 0 Å². The lowest BCUT2D eigenvalue weighted by Crippen LogP contribution is -2.05. The van der Waals surface area contributed by atoms with Crippen molar-refractivity contribution in [3.05, 3.63) is 58.6 Å². The second-order valence-electron chi connectivity index (χ2n) is 7.04. The van der Waals surface area contributed by atoms with Crippen LogP contribution in [0.3, 0.4) is 0 Å². The molecule has 1 aliphatic carbocycles. The van der Waals surface area contributed by atoms with E-state index in [-0.39, 0.29) is 6.10 Å². The Balaban J connectivity index is 1.64. The summed E-state index contributed by atoms with van der Waals surface area (Å²) in [6.07, 6.45) is 4.01. The first-order chi connectivity index (χ1) is 13.6. The molecule has 2 aromatic carbocycles. The zero-order valence-corrected chi connectivity index (χ0v) is 16.7. The molecule has 0 amide bonds. The van der Waals surface area contributed by atoms with Gasteiger partial charge in [-0.25, -0.2) is 0 Å². The fourth-order valence-electron chi connectivity index (χ4n) is 3.48. The van der Waals surface area contributed by atoms with Gasteiger partial charge in [-0.1, -0.05) is 41.0 Å². The highest BCUT2D eigenvalue weighted by atomic mass is 35.5. The van der Waals surface area contributed by atoms with Gasteiger partial charge in [0.2, 0.25) is 5.82 Å². The summed E-state index contributed by atoms with van der Waals surface area (Å²) in [6.45, 7) is 4.56. The molecule has 3 aromatic rings. The van der Waals surface area contributed by atoms with Gasteiger partial charge in [0, 0.05) is 11.1 Å². The van der Waals surface area contributed by atoms with Crippen molar-refractivity contribution in [2.75, 3.05) is 6.54 Å². The molecule has 28 heavy (non-hydrogen) atoms. The first-order valence-electron chi connectivity index (χ1n) is 9.39. The van der Waals surface area contributed by atoms with E-state index in [9.17, 15) is 0 Å². The molecule has 2 N–H and O–H groups in total. The van der Waals surface area contributed by atoms with Crippen molar-refractivity contribution in [3.63, 3.8) is 0 Å². The van der Waals surface area contributed by atoms with E-state index in [1.54, 1.807) is 6.07 Å². The Morgan fingerprint density at radius 2 is 2.04 bits per heavy atom. The smallest absolute Gasteiger partial charge is 0.258 e. The minimum absolute atomic E-state index is 0.0521. The van der Waals surface area contributed by atoms with Crippen LogP contribution in [0.25, 0.3) is 28.4 Å². The van der Waals surface area contributed by atoms with Gasteiger partial charge in [-0.2, -0.15) is 4.98 Å². The third-order valence-electron chi connectivity index (χ3n) is 4.70. The summed E-state index contributed by atoms with van der Waals surface area (Å²) in [5, 5.41) is 4.72. The minimum Gasteiger partial charge on any atom is -0.489 e. The quantitative estimate of drug-likeness (QED) is 0.626. The number of allylic oxidation sites excluding steroid dienone is 1. The molecule has 6 heteroatoms. The highest BCUT2D eigenvalue weighted by molar-refractivity contribution is 6.32. The number of nitrogens with zero attached hydrogens (tertiary/aromatic N) is 2. The van der Waals surface area contributed by atoms with Gasteiger partial charge in [0.25, 0.3) is 5.89 Å². The summed E-state index contributed by atoms with van der Waals surface area (Å²) in [5.41, 5.74) is 11.2. The molecule has 0 saturated carbocycles. The first-order valence-corrected chi connectivity index (χ1v) is 9.76. The lowest BCUT2D eigenvalue weighted by atomic mass is 9.98. The van der Waals surface area contributed by atoms with Crippen LogP contribution in [0, 0.1) is 0 Å². The Bertz CT molecular complexity index is 1040. The Morgan fingerprint density at radius 3 is 2.79 bits per heavy atom. The SMILES string of the molecule is CC(C)Oc1ccc(-c2nc(-c3cccc4c3CC=C4CCN)no2)cc1Cl. The second kappa shape index (κ2) is 7.78. The van der Waals surface area contributed by atoms with E-state index in [1.807, 2.05) is 38.1 Å². The topological polar surface area (TPSA) is 74.2 Å². The number of hydrogen-bond acceptors (Lipinski definition) is 5. The van der Waals surface area contributed by atoms with E-state index in [2.05, 4.69) is 22.3 Å². The summed E-state index contributed by atoms with van der Waals surface area (Å²) < 4.78 is 11.2. The molecular formula is C22H22ClN3O2. The van der Waals surface area contributed by atoms with Crippen LogP contribution in [0.2, 0.25) is 5.02 Å². The molecule has 1 aromatic heterocycles. The number of ether oxygens (including phenoxy) is 1. The lowest BCUT2D eigenvalue weighted by Gasteiger charge is -2.11. The molecule has 144 valence electrons. The first kappa shape index (κ1) is 18.7. The van der Waals surface area contributed by atoms with E-state index >= 15 is 0 Å². The average Bonchev–Trinajstić information content (AvgIpc) is 3.31. The van der Waals surface area contributed by atoms with Crippen LogP contribution in [0.15, 0.2) is 47.0 Å². The maximum atomic E-state index is 6.34. The highest BCUT2D eigenvalue weighted by Crippen LogP contribution is 2.36. The maximum absolute atomic E-state index is 6.34. The summed E-state index contributed by atoms with van der Waals surface area (Å²) in [7, 11) is 0. The average molecular weight is 396 g/mol. The third-order valence-corrected chi connectivity index (χ3v) is 4.99. The Hall–Kier alpha value is -2.63. The number of rotatable bonds is 6. The summed E-state index contributed by atoms with van der Waals surface area (Å²) >= 11 is 6.34. The van der Waals surface area contributed by atoms with Crippen LogP contribution >= 0.6 is 11.6 Å². The van der Waals surface area contributed by atoms with Crippen molar-refractivity contribution in [1.82, 2.24) is 10.1 Å². The molecule has 0 spiro atoms. The second-order valence-corrected chi connectivity index (χ2v) is 7.45. The van der Waals surface area contributed by atoms with Crippen molar-refractivity contribution >= 4 is 17.2 Å². The van der Waals surface area contributed by atoms with E-state index in [1.165, 1.54) is 16.7 Å². The molecule has 0 bridgehead atoms. The fraction of sp³-hybridized carbons (Fsp3) is 0.273. The molecule has 0 atom stereocenters. The number of aromatic nitrogens is 2. The normalized spacial score (nSPS) is 13.0. The summed E-state index contributed by atoms with van der Waals surface area (Å²) in [6, 6.07) is 11.7. The number of fused-ring (bicyclic) bond motifs is 1. The Labute approximate surface area is 169 Å². The fourth-order valence-corrected chi connectivity index (χ4v) is 3.70. The lowest BCUT2D eigenvalue weighted by molar-refractivity contribution is 0.242. The molecule has 0 unspecified atom stereocenters. The van der Waals surface area contributed by atoms with E-state index in [0.717, 1.165) is 24.0 Å². The number of hydrogen-bond donors (Lipinski definition) is 1. The van der Waals surface area contributed by atoms with E-state index in [0.29, 0.717) is 29.0 Å². The van der Waals surface area contributed by atoms with Crippen molar-refractivity contribution < 1.29 is 9.26 Å². The Kier molecular flexibility index (Phi) is 5.20. The molecule has 1 aliphatic rings. The molecular weight excluding hydrogens is 374 g/mol. The minimum atomic E-state index is 0.0521. The monoisotopic (exact) mass is 395 g/mol. The molecule has 0 aliphatic heterocycles. The van der Waals surface area contributed by atoms with Crippen molar-refractivity contribution in [1.29, 1.82) is 0 Å². The number of benzene rings is 2. The predicted molar refractivity (Wildman–Crippen MR) is 111 cm³/mol. The van der Waals surface area contributed by atoms with Crippen LogP contribution in [-0.2, 0) is 6.42 Å². The molecule has 4 rings (SSSR count). The number of halogens is 1. The van der Waals surface area contributed by atoms with Crippen molar-refractivity contribution in [2.24, 2.45) is 5.73 Å². The van der Waals surface area contributed by atoms with Crippen molar-refractivity contribution in [3.8, 4) is 28.6 Å². The maximum Gasteiger partial charge on any atom is 0.258 e. The predicted octanol–water partition coefficient (Wildman–Crippen LogP) is 5.13. The Morgan fingerprint density at radius 1 is 1.21 bits per heavy atom. The van der Waals surface area contributed by atoms with Crippen LogP contribution in [0.5, 0.6) is 5.75 Å². The van der Waals surface area contributed by atoms with Gasteiger partial charge in [-0.15, -0.1) is 0 Å². The largest absolute Gasteiger partial charge is 0.489 e. The van der Waals surface area contributed by atoms with Crippen LogP contribution in [0.4, 0.5) is 0 Å². The van der Waals surface area contributed by atoms with Crippen LogP contribution in [-0.4, -0.2) is 22.8 Å². The zero-order chi connectivity index (χ0) is 19.7.